The van der Waals surface area contributed by atoms with E-state index in [1.165, 1.54) is 27.8 Å². The molecule has 11 heteroatoms. The molecule has 8 nitrogen and oxygen atoms in total. The van der Waals surface area contributed by atoms with Crippen LogP contribution in [0.25, 0.3) is 0 Å². The van der Waals surface area contributed by atoms with Gasteiger partial charge >= 0.3 is 5.97 Å². The molecular formula is C10H15BrN4O4S2. The number of carbonyl (C=O) groups excluding carboxylic acids is 1. The van der Waals surface area contributed by atoms with Crippen LogP contribution >= 0.6 is 27.7 Å². The van der Waals surface area contributed by atoms with Gasteiger partial charge in [-0.05, 0) is 22.9 Å². The van der Waals surface area contributed by atoms with Crippen molar-refractivity contribution < 1.29 is 17.9 Å². The van der Waals surface area contributed by atoms with Crippen LogP contribution in [0, 0.1) is 0 Å². The fraction of sp³-hybridized carbons (Fsp3) is 0.700. The van der Waals surface area contributed by atoms with Crippen LogP contribution in [0.3, 0.4) is 0 Å². The van der Waals surface area contributed by atoms with Gasteiger partial charge in [-0.15, -0.1) is 5.10 Å². The van der Waals surface area contributed by atoms with E-state index in [1.807, 2.05) is 0 Å². The molecule has 0 radical (unpaired) electrons. The summed E-state index contributed by atoms with van der Waals surface area (Å²) in [5.74, 6) is 0.471. The van der Waals surface area contributed by atoms with Crippen molar-refractivity contribution >= 4 is 43.7 Å². The van der Waals surface area contributed by atoms with Gasteiger partial charge < -0.3 is 4.74 Å². The van der Waals surface area contributed by atoms with Gasteiger partial charge in [0.1, 0.15) is 6.04 Å². The Labute approximate surface area is 135 Å². The highest BCUT2D eigenvalue weighted by Crippen LogP contribution is 2.28. The van der Waals surface area contributed by atoms with Crippen molar-refractivity contribution in [3.8, 4) is 0 Å². The standard InChI is InChI=1S/C10H15BrN4O4S2/c1-3-19-10(16)7-6-20-5-4-15(7)21(17,18)9-8(11)12-13-14(9)2/h7H,3-6H2,1-2H3. The molecule has 0 N–H and O–H groups in total. The zero-order chi connectivity index (χ0) is 15.6. The third-order valence-corrected chi connectivity index (χ3v) is 6.75. The first-order valence-electron chi connectivity index (χ1n) is 6.21. The molecule has 1 aromatic rings. The van der Waals surface area contributed by atoms with Gasteiger partial charge in [0.2, 0.25) is 5.03 Å². The van der Waals surface area contributed by atoms with Gasteiger partial charge in [0.05, 0.1) is 6.61 Å². The molecule has 118 valence electrons. The zero-order valence-corrected chi connectivity index (χ0v) is 14.7. The summed E-state index contributed by atoms with van der Waals surface area (Å²) >= 11 is 4.61. The Bertz CT molecular complexity index is 614. The molecule has 0 bridgehead atoms. The number of esters is 1. The largest absolute Gasteiger partial charge is 0.465 e. The first-order chi connectivity index (χ1) is 9.89. The Morgan fingerprint density at radius 1 is 1.57 bits per heavy atom. The molecule has 21 heavy (non-hydrogen) atoms. The van der Waals surface area contributed by atoms with Crippen LogP contribution in [0.4, 0.5) is 0 Å². The Morgan fingerprint density at radius 2 is 2.29 bits per heavy atom. The lowest BCUT2D eigenvalue weighted by atomic mass is 10.3. The van der Waals surface area contributed by atoms with Crippen molar-refractivity contribution in [2.24, 2.45) is 7.05 Å². The zero-order valence-electron chi connectivity index (χ0n) is 11.5. The molecule has 0 saturated carbocycles. The van der Waals surface area contributed by atoms with Gasteiger partial charge in [0.25, 0.3) is 10.0 Å². The predicted octanol–water partition coefficient (Wildman–Crippen LogP) is 0.247. The molecule has 0 aliphatic carbocycles. The maximum Gasteiger partial charge on any atom is 0.325 e. The molecule has 2 heterocycles. The Balaban J connectivity index is 2.39. The molecule has 1 aliphatic rings. The average Bonchev–Trinajstić information content (AvgIpc) is 2.79. The number of hydrogen-bond donors (Lipinski definition) is 0. The van der Waals surface area contributed by atoms with Crippen molar-refractivity contribution in [1.82, 2.24) is 19.3 Å². The molecule has 1 fully saturated rings. The summed E-state index contributed by atoms with van der Waals surface area (Å²) in [6, 6.07) is -0.824. The summed E-state index contributed by atoms with van der Waals surface area (Å²) in [6.07, 6.45) is 0. The Hall–Kier alpha value is -0.650. The third kappa shape index (κ3) is 3.25. The summed E-state index contributed by atoms with van der Waals surface area (Å²) in [7, 11) is -2.39. The molecule has 1 aliphatic heterocycles. The average molecular weight is 399 g/mol. The number of ether oxygens (including phenoxy) is 1. The van der Waals surface area contributed by atoms with E-state index in [2.05, 4.69) is 26.2 Å². The number of nitrogens with zero attached hydrogens (tertiary/aromatic N) is 4. The quantitative estimate of drug-likeness (QED) is 0.670. The number of sulfonamides is 1. The van der Waals surface area contributed by atoms with Crippen LogP contribution in [0.5, 0.6) is 0 Å². The number of carbonyl (C=O) groups is 1. The van der Waals surface area contributed by atoms with Crippen LogP contribution in [0.15, 0.2) is 9.63 Å². The summed E-state index contributed by atoms with van der Waals surface area (Å²) < 4.78 is 33.0. The molecule has 2 rings (SSSR count). The van der Waals surface area contributed by atoms with Crippen molar-refractivity contribution in [2.75, 3.05) is 24.7 Å². The second kappa shape index (κ2) is 6.63. The van der Waals surface area contributed by atoms with E-state index in [9.17, 15) is 13.2 Å². The minimum absolute atomic E-state index is 0.0660. The van der Waals surface area contributed by atoms with E-state index >= 15 is 0 Å². The fourth-order valence-electron chi connectivity index (χ4n) is 2.01. The minimum atomic E-state index is -3.88. The molecule has 1 unspecified atom stereocenters. The maximum absolute atomic E-state index is 12.8. The predicted molar refractivity (Wildman–Crippen MR) is 80.3 cm³/mol. The summed E-state index contributed by atoms with van der Waals surface area (Å²) in [5.41, 5.74) is 0. The second-order valence-electron chi connectivity index (χ2n) is 4.27. The lowest BCUT2D eigenvalue weighted by Crippen LogP contribution is -2.51. The molecule has 0 spiro atoms. The SMILES string of the molecule is CCOC(=O)C1CSCCN1S(=O)(=O)c1c(Br)nnn1C. The molecule has 0 aromatic carbocycles. The maximum atomic E-state index is 12.8. The van der Waals surface area contributed by atoms with Crippen LogP contribution in [-0.2, 0) is 26.6 Å². The topological polar surface area (TPSA) is 94.4 Å². The number of thioether (sulfide) groups is 1. The van der Waals surface area contributed by atoms with Crippen LogP contribution in [-0.4, -0.2) is 64.4 Å². The number of rotatable bonds is 4. The van der Waals surface area contributed by atoms with Gasteiger partial charge in [-0.2, -0.15) is 16.1 Å². The monoisotopic (exact) mass is 398 g/mol. The van der Waals surface area contributed by atoms with E-state index in [0.717, 1.165) is 0 Å². The van der Waals surface area contributed by atoms with Gasteiger partial charge in [0, 0.05) is 25.1 Å². The molecule has 1 aromatic heterocycles. The lowest BCUT2D eigenvalue weighted by Gasteiger charge is -2.32. The van der Waals surface area contributed by atoms with E-state index in [4.69, 9.17) is 4.74 Å². The lowest BCUT2D eigenvalue weighted by molar-refractivity contribution is -0.147. The molecular weight excluding hydrogens is 384 g/mol. The van der Waals surface area contributed by atoms with Crippen molar-refractivity contribution in [2.45, 2.75) is 18.0 Å². The van der Waals surface area contributed by atoms with Crippen molar-refractivity contribution in [1.29, 1.82) is 0 Å². The third-order valence-electron chi connectivity index (χ3n) is 2.93. The van der Waals surface area contributed by atoms with Crippen LogP contribution in [0.1, 0.15) is 6.92 Å². The summed E-state index contributed by atoms with van der Waals surface area (Å²) in [6.45, 7) is 2.15. The summed E-state index contributed by atoms with van der Waals surface area (Å²) in [4.78, 5) is 12.0. The molecule has 0 amide bonds. The number of hydrogen-bond acceptors (Lipinski definition) is 7. The normalized spacial score (nSPS) is 20.4. The highest BCUT2D eigenvalue weighted by Gasteiger charge is 2.41. The smallest absolute Gasteiger partial charge is 0.325 e. The van der Waals surface area contributed by atoms with E-state index < -0.39 is 22.0 Å². The van der Waals surface area contributed by atoms with Gasteiger partial charge in [0.15, 0.2) is 4.60 Å². The van der Waals surface area contributed by atoms with Crippen LogP contribution < -0.4 is 0 Å². The minimum Gasteiger partial charge on any atom is -0.465 e. The van der Waals surface area contributed by atoms with Crippen LogP contribution in [0.2, 0.25) is 0 Å². The number of aryl methyl sites for hydroxylation is 1. The van der Waals surface area contributed by atoms with Gasteiger partial charge in [-0.25, -0.2) is 13.1 Å². The van der Waals surface area contributed by atoms with E-state index in [0.29, 0.717) is 11.5 Å². The summed E-state index contributed by atoms with van der Waals surface area (Å²) in [5, 5.41) is 7.30. The second-order valence-corrected chi connectivity index (χ2v) is 7.97. The van der Waals surface area contributed by atoms with Gasteiger partial charge in [-0.1, -0.05) is 5.21 Å². The van der Waals surface area contributed by atoms with Gasteiger partial charge in [-0.3, -0.25) is 4.79 Å². The van der Waals surface area contributed by atoms with E-state index in [-0.39, 0.29) is 22.8 Å². The highest BCUT2D eigenvalue weighted by molar-refractivity contribution is 9.10. The first-order valence-corrected chi connectivity index (χ1v) is 9.59. The van der Waals surface area contributed by atoms with E-state index in [1.54, 1.807) is 6.92 Å². The molecule has 1 atom stereocenters. The van der Waals surface area contributed by atoms with Crippen molar-refractivity contribution in [3.63, 3.8) is 0 Å². The number of halogens is 1. The highest BCUT2D eigenvalue weighted by atomic mass is 79.9. The molecule has 1 saturated heterocycles. The first kappa shape index (κ1) is 16.7. The van der Waals surface area contributed by atoms with Crippen molar-refractivity contribution in [3.05, 3.63) is 4.60 Å². The fourth-order valence-corrected chi connectivity index (χ4v) is 5.86. The Kier molecular flexibility index (Phi) is 5.28. The number of aromatic nitrogens is 3. The Morgan fingerprint density at radius 3 is 2.86 bits per heavy atom.